The van der Waals surface area contributed by atoms with Crippen LogP contribution in [0.1, 0.15) is 28.4 Å². The Balaban J connectivity index is 1.44. The third kappa shape index (κ3) is 5.35. The zero-order valence-corrected chi connectivity index (χ0v) is 19.2. The smallest absolute Gasteiger partial charge is 0.271 e. The molecule has 0 aliphatic rings. The molecule has 0 spiro atoms. The number of hydrogen-bond acceptors (Lipinski definition) is 5. The van der Waals surface area contributed by atoms with Crippen LogP contribution in [0.3, 0.4) is 0 Å². The van der Waals surface area contributed by atoms with Crippen LogP contribution in [0, 0.1) is 0 Å². The summed E-state index contributed by atoms with van der Waals surface area (Å²) in [5, 5.41) is 6.46. The summed E-state index contributed by atoms with van der Waals surface area (Å²) >= 11 is 0. The molecule has 6 heteroatoms. The standard InChI is InChI=1S/C28H26N2O4/c1-3-33-26-16-15-21(17-27(26)32-2)28(31)30-29-18-22-10-5-7-14-25(22)34-19-23-12-8-11-20-9-4-6-13-24(20)23/h4-18H,3,19H2,1-2H3,(H,30,31)/b29-18+. The minimum absolute atomic E-state index is 0.355. The summed E-state index contributed by atoms with van der Waals surface area (Å²) in [6.07, 6.45) is 1.57. The number of methoxy groups -OCH3 is 1. The molecule has 0 radical (unpaired) electrons. The van der Waals surface area contributed by atoms with Gasteiger partial charge in [-0.25, -0.2) is 5.43 Å². The van der Waals surface area contributed by atoms with E-state index in [9.17, 15) is 4.79 Å². The SMILES string of the molecule is CCOc1ccc(C(=O)N/N=C/c2ccccc2OCc2cccc3ccccc23)cc1OC. The van der Waals surface area contributed by atoms with E-state index in [-0.39, 0.29) is 5.91 Å². The number of rotatable bonds is 9. The van der Waals surface area contributed by atoms with Gasteiger partial charge < -0.3 is 14.2 Å². The van der Waals surface area contributed by atoms with Crippen LogP contribution in [0.25, 0.3) is 10.8 Å². The molecule has 0 aliphatic carbocycles. The summed E-state index contributed by atoms with van der Waals surface area (Å²) in [7, 11) is 1.53. The van der Waals surface area contributed by atoms with Crippen LogP contribution in [0.15, 0.2) is 90.0 Å². The fourth-order valence-corrected chi connectivity index (χ4v) is 3.60. The van der Waals surface area contributed by atoms with Gasteiger partial charge in [0.2, 0.25) is 0 Å². The summed E-state index contributed by atoms with van der Waals surface area (Å²) in [5.41, 5.74) is 4.83. The van der Waals surface area contributed by atoms with Crippen LogP contribution in [-0.4, -0.2) is 25.8 Å². The molecule has 4 aromatic rings. The van der Waals surface area contributed by atoms with E-state index in [1.807, 2.05) is 49.4 Å². The van der Waals surface area contributed by atoms with Crippen molar-refractivity contribution >= 4 is 22.9 Å². The summed E-state index contributed by atoms with van der Waals surface area (Å²) in [4.78, 5) is 12.5. The van der Waals surface area contributed by atoms with Crippen molar-refractivity contribution in [3.63, 3.8) is 0 Å². The van der Waals surface area contributed by atoms with E-state index in [1.165, 1.54) is 12.5 Å². The number of fused-ring (bicyclic) bond motifs is 1. The molecule has 0 unspecified atom stereocenters. The van der Waals surface area contributed by atoms with E-state index in [2.05, 4.69) is 34.8 Å². The van der Waals surface area contributed by atoms with Crippen molar-refractivity contribution in [3.8, 4) is 17.2 Å². The molecule has 6 nitrogen and oxygen atoms in total. The van der Waals surface area contributed by atoms with Gasteiger partial charge in [-0.05, 0) is 53.6 Å². The fraction of sp³-hybridized carbons (Fsp3) is 0.143. The highest BCUT2D eigenvalue weighted by Gasteiger charge is 2.11. The molecule has 1 amide bonds. The Hall–Kier alpha value is -4.32. The Morgan fingerprint density at radius 2 is 1.68 bits per heavy atom. The number of carbonyl (C=O) groups excluding carboxylic acids is 1. The molecule has 0 atom stereocenters. The van der Waals surface area contributed by atoms with E-state index in [0.717, 1.165) is 16.5 Å². The lowest BCUT2D eigenvalue weighted by Gasteiger charge is -2.11. The minimum atomic E-state index is -0.355. The quantitative estimate of drug-likeness (QED) is 0.264. The maximum atomic E-state index is 12.5. The average molecular weight is 455 g/mol. The zero-order valence-electron chi connectivity index (χ0n) is 19.2. The van der Waals surface area contributed by atoms with Crippen LogP contribution in [0.5, 0.6) is 17.2 Å². The maximum Gasteiger partial charge on any atom is 0.271 e. The van der Waals surface area contributed by atoms with Gasteiger partial charge in [-0.3, -0.25) is 4.79 Å². The highest BCUT2D eigenvalue weighted by atomic mass is 16.5. The van der Waals surface area contributed by atoms with E-state index in [4.69, 9.17) is 14.2 Å². The second-order valence-electron chi connectivity index (χ2n) is 7.46. The van der Waals surface area contributed by atoms with Gasteiger partial charge in [0, 0.05) is 11.1 Å². The molecule has 0 heterocycles. The van der Waals surface area contributed by atoms with Crippen molar-refractivity contribution < 1.29 is 19.0 Å². The first kappa shape index (κ1) is 22.9. The molecule has 4 aromatic carbocycles. The number of nitrogens with one attached hydrogen (secondary N) is 1. The van der Waals surface area contributed by atoms with Crippen molar-refractivity contribution in [2.75, 3.05) is 13.7 Å². The Kier molecular flexibility index (Phi) is 7.40. The Morgan fingerprint density at radius 3 is 2.53 bits per heavy atom. The monoisotopic (exact) mass is 454 g/mol. The minimum Gasteiger partial charge on any atom is -0.493 e. The highest BCUT2D eigenvalue weighted by molar-refractivity contribution is 5.95. The predicted molar refractivity (Wildman–Crippen MR) is 134 cm³/mol. The lowest BCUT2D eigenvalue weighted by Crippen LogP contribution is -2.17. The van der Waals surface area contributed by atoms with Crippen LogP contribution in [0.4, 0.5) is 0 Å². The second kappa shape index (κ2) is 11.0. The Labute approximate surface area is 198 Å². The number of ether oxygens (including phenoxy) is 3. The molecular formula is C28H26N2O4. The second-order valence-corrected chi connectivity index (χ2v) is 7.46. The van der Waals surface area contributed by atoms with E-state index in [1.54, 1.807) is 24.4 Å². The number of hydrazone groups is 1. The van der Waals surface area contributed by atoms with Crippen LogP contribution in [-0.2, 0) is 6.61 Å². The number of para-hydroxylation sites is 1. The molecule has 0 fully saturated rings. The predicted octanol–water partition coefficient (Wildman–Crippen LogP) is 5.59. The molecule has 0 saturated carbocycles. The summed E-state index contributed by atoms with van der Waals surface area (Å²) < 4.78 is 16.9. The van der Waals surface area contributed by atoms with Crippen LogP contribution >= 0.6 is 0 Å². The van der Waals surface area contributed by atoms with Crippen molar-refractivity contribution in [3.05, 3.63) is 102 Å². The molecule has 4 rings (SSSR count). The van der Waals surface area contributed by atoms with Gasteiger partial charge in [0.25, 0.3) is 5.91 Å². The first-order valence-corrected chi connectivity index (χ1v) is 11.0. The number of benzene rings is 4. The molecule has 1 N–H and O–H groups in total. The molecule has 34 heavy (non-hydrogen) atoms. The summed E-state index contributed by atoms with van der Waals surface area (Å²) in [6.45, 7) is 2.82. The van der Waals surface area contributed by atoms with E-state index in [0.29, 0.717) is 36.0 Å². The van der Waals surface area contributed by atoms with E-state index >= 15 is 0 Å². The Bertz CT molecular complexity index is 1310. The summed E-state index contributed by atoms with van der Waals surface area (Å²) in [6, 6.07) is 27.0. The van der Waals surface area contributed by atoms with E-state index < -0.39 is 0 Å². The largest absolute Gasteiger partial charge is 0.493 e. The lowest BCUT2D eigenvalue weighted by atomic mass is 10.1. The average Bonchev–Trinajstić information content (AvgIpc) is 2.88. The van der Waals surface area contributed by atoms with Gasteiger partial charge in [-0.1, -0.05) is 54.6 Å². The van der Waals surface area contributed by atoms with Crippen LogP contribution in [0.2, 0.25) is 0 Å². The van der Waals surface area contributed by atoms with Gasteiger partial charge in [-0.2, -0.15) is 5.10 Å². The number of hydrogen-bond donors (Lipinski definition) is 1. The first-order chi connectivity index (χ1) is 16.7. The third-order valence-electron chi connectivity index (χ3n) is 5.28. The van der Waals surface area contributed by atoms with Gasteiger partial charge in [-0.15, -0.1) is 0 Å². The van der Waals surface area contributed by atoms with Crippen molar-refractivity contribution in [2.45, 2.75) is 13.5 Å². The van der Waals surface area contributed by atoms with Crippen molar-refractivity contribution in [1.29, 1.82) is 0 Å². The zero-order chi connectivity index (χ0) is 23.8. The molecule has 0 aromatic heterocycles. The normalized spacial score (nSPS) is 10.9. The van der Waals surface area contributed by atoms with Crippen molar-refractivity contribution in [2.24, 2.45) is 5.10 Å². The fourth-order valence-electron chi connectivity index (χ4n) is 3.60. The summed E-state index contributed by atoms with van der Waals surface area (Å²) in [5.74, 6) is 1.40. The molecule has 0 bridgehead atoms. The lowest BCUT2D eigenvalue weighted by molar-refractivity contribution is 0.0954. The number of carbonyl (C=O) groups is 1. The molecular weight excluding hydrogens is 428 g/mol. The highest BCUT2D eigenvalue weighted by Crippen LogP contribution is 2.28. The van der Waals surface area contributed by atoms with Gasteiger partial charge >= 0.3 is 0 Å². The number of nitrogens with zero attached hydrogens (tertiary/aromatic N) is 1. The van der Waals surface area contributed by atoms with Crippen LogP contribution < -0.4 is 19.6 Å². The molecule has 0 saturated heterocycles. The molecule has 172 valence electrons. The first-order valence-electron chi connectivity index (χ1n) is 11.0. The van der Waals surface area contributed by atoms with Crippen molar-refractivity contribution in [1.82, 2.24) is 5.43 Å². The maximum absolute atomic E-state index is 12.5. The van der Waals surface area contributed by atoms with Gasteiger partial charge in [0.1, 0.15) is 12.4 Å². The molecule has 0 aliphatic heterocycles. The topological polar surface area (TPSA) is 69.2 Å². The number of amides is 1. The van der Waals surface area contributed by atoms with Gasteiger partial charge in [0.05, 0.1) is 19.9 Å². The Morgan fingerprint density at radius 1 is 0.882 bits per heavy atom. The third-order valence-corrected chi connectivity index (χ3v) is 5.28. The van der Waals surface area contributed by atoms with Gasteiger partial charge in [0.15, 0.2) is 11.5 Å².